The number of fused-ring (bicyclic) bond motifs is 1. The minimum atomic E-state index is -0.421. The number of nitrogens with zero attached hydrogens (tertiary/aromatic N) is 3. The normalized spacial score (nSPS) is 10.1. The molecule has 90 valence electrons. The van der Waals surface area contributed by atoms with Crippen LogP contribution in [0.4, 0.5) is 5.82 Å². The fourth-order valence-electron chi connectivity index (χ4n) is 1.40. The maximum Gasteiger partial charge on any atom is 0.239 e. The number of hydrogen-bond acceptors (Lipinski definition) is 4. The minimum Gasteiger partial charge on any atom is -0.310 e. The van der Waals surface area contributed by atoms with E-state index < -0.39 is 5.91 Å². The van der Waals surface area contributed by atoms with Crippen LogP contribution in [0.25, 0.3) is 10.8 Å². The van der Waals surface area contributed by atoms with Gasteiger partial charge in [0.1, 0.15) is 22.5 Å². The molecule has 0 saturated carbocycles. The van der Waals surface area contributed by atoms with E-state index in [0.717, 1.165) is 0 Å². The molecule has 5 nitrogen and oxygen atoms in total. The zero-order valence-electron chi connectivity index (χ0n) is 8.94. The van der Waals surface area contributed by atoms with Gasteiger partial charge in [-0.1, -0.05) is 23.2 Å². The molecule has 0 atom stereocenters. The van der Waals surface area contributed by atoms with Gasteiger partial charge in [-0.25, -0.2) is 9.97 Å². The number of carbonyl (C=O) groups excluding carboxylic acids is 1. The van der Waals surface area contributed by atoms with Crippen LogP contribution < -0.4 is 5.32 Å². The number of rotatable bonds is 2. The molecule has 0 saturated heterocycles. The van der Waals surface area contributed by atoms with Gasteiger partial charge in [-0.15, -0.1) is 0 Å². The van der Waals surface area contributed by atoms with Crippen LogP contribution in [-0.2, 0) is 4.79 Å². The molecule has 1 amide bonds. The van der Waals surface area contributed by atoms with E-state index in [0.29, 0.717) is 16.6 Å². The summed E-state index contributed by atoms with van der Waals surface area (Å²) in [5, 5.41) is 12.7. The smallest absolute Gasteiger partial charge is 0.239 e. The number of pyridine rings is 2. The fraction of sp³-hybridized carbons (Fsp3) is 0.0909. The number of nitrogens with one attached hydrogen (secondary N) is 1. The standard InChI is InChI=1S/C11H6Cl2N4O/c12-8-3-6-4-9(17-10(18)1-2-14)15-5-7(6)11(13)16-8/h3-5H,1H2,(H,15,17,18). The Morgan fingerprint density at radius 3 is 2.94 bits per heavy atom. The van der Waals surface area contributed by atoms with Crippen LogP contribution in [0.5, 0.6) is 0 Å². The number of aromatic nitrogens is 2. The Hall–Kier alpha value is -1.90. The Labute approximate surface area is 112 Å². The molecule has 7 heteroatoms. The van der Waals surface area contributed by atoms with Crippen molar-refractivity contribution in [3.05, 3.63) is 28.6 Å². The number of nitriles is 1. The Kier molecular flexibility index (Phi) is 3.60. The summed E-state index contributed by atoms with van der Waals surface area (Å²) >= 11 is 11.7. The lowest BCUT2D eigenvalue weighted by atomic mass is 10.2. The van der Waals surface area contributed by atoms with Crippen molar-refractivity contribution in [3.8, 4) is 6.07 Å². The van der Waals surface area contributed by atoms with Gasteiger partial charge in [0.15, 0.2) is 0 Å². The summed E-state index contributed by atoms with van der Waals surface area (Å²) in [7, 11) is 0. The van der Waals surface area contributed by atoms with Crippen molar-refractivity contribution < 1.29 is 4.79 Å². The first-order valence-electron chi connectivity index (χ1n) is 4.89. The predicted molar refractivity (Wildman–Crippen MR) is 68.4 cm³/mol. The molecule has 0 fully saturated rings. The molecule has 2 aromatic heterocycles. The van der Waals surface area contributed by atoms with Crippen LogP contribution in [0, 0.1) is 11.3 Å². The molecule has 0 aliphatic rings. The highest BCUT2D eigenvalue weighted by atomic mass is 35.5. The third kappa shape index (κ3) is 2.67. The molecule has 0 radical (unpaired) electrons. The molecule has 2 aromatic rings. The van der Waals surface area contributed by atoms with E-state index in [4.69, 9.17) is 28.5 Å². The van der Waals surface area contributed by atoms with E-state index >= 15 is 0 Å². The number of amides is 1. The van der Waals surface area contributed by atoms with Crippen molar-refractivity contribution >= 4 is 45.7 Å². The topological polar surface area (TPSA) is 78.7 Å². The van der Waals surface area contributed by atoms with Crippen molar-refractivity contribution in [2.24, 2.45) is 0 Å². The molecule has 2 heterocycles. The van der Waals surface area contributed by atoms with Gasteiger partial charge in [-0.2, -0.15) is 5.26 Å². The van der Waals surface area contributed by atoms with E-state index in [2.05, 4.69) is 15.3 Å². The van der Waals surface area contributed by atoms with Gasteiger partial charge in [-0.3, -0.25) is 4.79 Å². The van der Waals surface area contributed by atoms with Crippen LogP contribution in [0.1, 0.15) is 6.42 Å². The summed E-state index contributed by atoms with van der Waals surface area (Å²) in [4.78, 5) is 19.1. The molecule has 0 unspecified atom stereocenters. The number of hydrogen-bond donors (Lipinski definition) is 1. The monoisotopic (exact) mass is 280 g/mol. The average Bonchev–Trinajstić information content (AvgIpc) is 2.28. The first-order chi connectivity index (χ1) is 8.60. The van der Waals surface area contributed by atoms with Crippen molar-refractivity contribution in [1.29, 1.82) is 5.26 Å². The van der Waals surface area contributed by atoms with Crippen LogP contribution in [0.2, 0.25) is 10.3 Å². The highest BCUT2D eigenvalue weighted by Crippen LogP contribution is 2.25. The zero-order chi connectivity index (χ0) is 13.1. The fourth-order valence-corrected chi connectivity index (χ4v) is 1.90. The van der Waals surface area contributed by atoms with Crippen molar-refractivity contribution in [2.45, 2.75) is 6.42 Å². The number of anilines is 1. The molecule has 0 aliphatic heterocycles. The highest BCUT2D eigenvalue weighted by Gasteiger charge is 2.07. The largest absolute Gasteiger partial charge is 0.310 e. The third-order valence-electron chi connectivity index (χ3n) is 2.14. The van der Waals surface area contributed by atoms with Crippen LogP contribution in [0.3, 0.4) is 0 Å². The van der Waals surface area contributed by atoms with Crippen LogP contribution in [-0.4, -0.2) is 15.9 Å². The lowest BCUT2D eigenvalue weighted by Gasteiger charge is -2.05. The van der Waals surface area contributed by atoms with E-state index in [-0.39, 0.29) is 16.7 Å². The van der Waals surface area contributed by atoms with E-state index in [9.17, 15) is 4.79 Å². The molecule has 0 aromatic carbocycles. The Morgan fingerprint density at radius 2 is 2.22 bits per heavy atom. The first kappa shape index (κ1) is 12.6. The second-order valence-electron chi connectivity index (χ2n) is 3.41. The van der Waals surface area contributed by atoms with Gasteiger partial charge in [0.2, 0.25) is 5.91 Å². The summed E-state index contributed by atoms with van der Waals surface area (Å²) in [6, 6.07) is 4.98. The van der Waals surface area contributed by atoms with Gasteiger partial charge in [0.05, 0.1) is 6.07 Å². The summed E-state index contributed by atoms with van der Waals surface area (Å²) in [5.41, 5.74) is 0. The summed E-state index contributed by atoms with van der Waals surface area (Å²) in [6.07, 6.45) is 1.26. The molecule has 2 rings (SSSR count). The quantitative estimate of drug-likeness (QED) is 0.858. The zero-order valence-corrected chi connectivity index (χ0v) is 10.5. The van der Waals surface area contributed by atoms with E-state index in [1.807, 2.05) is 0 Å². The summed E-state index contributed by atoms with van der Waals surface area (Å²) < 4.78 is 0. The van der Waals surface area contributed by atoms with Gasteiger partial charge < -0.3 is 5.32 Å². The van der Waals surface area contributed by atoms with Gasteiger partial charge >= 0.3 is 0 Å². The predicted octanol–water partition coefficient (Wildman–Crippen LogP) is 2.79. The molecule has 0 aliphatic carbocycles. The van der Waals surface area contributed by atoms with Gasteiger partial charge in [0, 0.05) is 11.6 Å². The summed E-state index contributed by atoms with van der Waals surface area (Å²) in [5.74, 6) is -0.0864. The molecular weight excluding hydrogens is 275 g/mol. The van der Waals surface area contributed by atoms with E-state index in [1.165, 1.54) is 6.20 Å². The lowest BCUT2D eigenvalue weighted by molar-refractivity contribution is -0.115. The second-order valence-corrected chi connectivity index (χ2v) is 4.15. The summed E-state index contributed by atoms with van der Waals surface area (Å²) in [6.45, 7) is 0. The van der Waals surface area contributed by atoms with Crippen molar-refractivity contribution in [1.82, 2.24) is 9.97 Å². The Bertz CT molecular complexity index is 666. The van der Waals surface area contributed by atoms with Crippen LogP contribution in [0.15, 0.2) is 18.3 Å². The molecule has 0 bridgehead atoms. The van der Waals surface area contributed by atoms with Gasteiger partial charge in [0.25, 0.3) is 0 Å². The minimum absolute atomic E-state index is 0.225. The molecular formula is C11H6Cl2N4O. The Morgan fingerprint density at radius 1 is 1.44 bits per heavy atom. The maximum absolute atomic E-state index is 11.2. The Balaban J connectivity index is 2.39. The van der Waals surface area contributed by atoms with E-state index in [1.54, 1.807) is 18.2 Å². The molecule has 1 N–H and O–H groups in total. The van der Waals surface area contributed by atoms with Crippen LogP contribution >= 0.6 is 23.2 Å². The first-order valence-corrected chi connectivity index (χ1v) is 5.64. The maximum atomic E-state index is 11.2. The SMILES string of the molecule is N#CCC(=O)Nc1cc2cc(Cl)nc(Cl)c2cn1. The second kappa shape index (κ2) is 5.17. The third-order valence-corrected chi connectivity index (χ3v) is 2.63. The molecule has 0 spiro atoms. The number of carbonyl (C=O) groups is 1. The van der Waals surface area contributed by atoms with Crippen molar-refractivity contribution in [2.75, 3.05) is 5.32 Å². The number of halogens is 2. The highest BCUT2D eigenvalue weighted by molar-refractivity contribution is 6.36. The lowest BCUT2D eigenvalue weighted by Crippen LogP contribution is -2.11. The molecule has 18 heavy (non-hydrogen) atoms. The average molecular weight is 281 g/mol. The van der Waals surface area contributed by atoms with Crippen molar-refractivity contribution in [3.63, 3.8) is 0 Å². The van der Waals surface area contributed by atoms with Gasteiger partial charge in [-0.05, 0) is 17.5 Å².